The van der Waals surface area contributed by atoms with E-state index < -0.39 is 16.1 Å². The molecule has 3 aromatic carbocycles. The number of benzene rings is 3. The minimum absolute atomic E-state index is 0. The molecule has 0 unspecified atom stereocenters. The number of carbonyl (C=O) groups excluding carboxylic acids is 1. The predicted octanol–water partition coefficient (Wildman–Crippen LogP) is 9.86. The van der Waals surface area contributed by atoms with Gasteiger partial charge in [0.15, 0.2) is 5.78 Å². The van der Waals surface area contributed by atoms with Gasteiger partial charge in [-0.25, -0.2) is 4.98 Å². The van der Waals surface area contributed by atoms with Gasteiger partial charge < -0.3 is 5.11 Å². The van der Waals surface area contributed by atoms with Gasteiger partial charge in [0.1, 0.15) is 15.7 Å². The number of hydrogen-bond acceptors (Lipinski definition) is 5. The molecule has 5 rings (SSSR count). The second kappa shape index (κ2) is 17.5. The van der Waals surface area contributed by atoms with Crippen molar-refractivity contribution in [3.8, 4) is 11.3 Å². The van der Waals surface area contributed by atoms with Crippen LogP contribution in [-0.4, -0.2) is 37.0 Å². The fourth-order valence-corrected chi connectivity index (χ4v) is 13.1. The number of aliphatic hydroxyl groups excluding tert-OH is 1. The molecule has 0 spiro atoms. The van der Waals surface area contributed by atoms with Crippen molar-refractivity contribution in [2.24, 2.45) is 11.8 Å². The van der Waals surface area contributed by atoms with Crippen molar-refractivity contribution in [2.45, 2.75) is 93.0 Å². The first-order chi connectivity index (χ1) is 23.2. The Bertz CT molecular complexity index is 1950. The predicted molar refractivity (Wildman–Crippen MR) is 214 cm³/mol. The Labute approximate surface area is 315 Å². The summed E-state index contributed by atoms with van der Waals surface area (Å²) in [5.74, 6) is 0.547. The van der Waals surface area contributed by atoms with Gasteiger partial charge in [0.25, 0.3) is 0 Å². The molecule has 8 heteroatoms. The molecule has 0 aliphatic heterocycles. The summed E-state index contributed by atoms with van der Waals surface area (Å²) in [6, 6.07) is 25.3. The molecular formula is C41H53IrN2O2SSi2-. The third-order valence-electron chi connectivity index (χ3n) is 9.64. The van der Waals surface area contributed by atoms with Crippen LogP contribution in [0.15, 0.2) is 78.8 Å². The van der Waals surface area contributed by atoms with Crippen molar-refractivity contribution in [3.05, 3.63) is 90.4 Å². The van der Waals surface area contributed by atoms with Gasteiger partial charge >= 0.3 is 0 Å². The van der Waals surface area contributed by atoms with E-state index in [0.29, 0.717) is 0 Å². The summed E-state index contributed by atoms with van der Waals surface area (Å²) in [5.41, 5.74) is 3.94. The molecule has 0 amide bonds. The third kappa shape index (κ3) is 9.14. The molecule has 263 valence electrons. The first-order valence-electron chi connectivity index (χ1n) is 17.9. The number of thiophene rings is 1. The van der Waals surface area contributed by atoms with Crippen molar-refractivity contribution in [1.29, 1.82) is 0 Å². The molecular weight excluding hydrogens is 833 g/mol. The van der Waals surface area contributed by atoms with E-state index in [2.05, 4.69) is 116 Å². The number of nitrogens with zero attached hydrogens (tertiary/aromatic N) is 2. The van der Waals surface area contributed by atoms with Crippen LogP contribution in [0, 0.1) is 24.8 Å². The molecule has 2 heterocycles. The summed E-state index contributed by atoms with van der Waals surface area (Å²) < 4.78 is 10.9. The van der Waals surface area contributed by atoms with Crippen LogP contribution < -0.4 is 14.9 Å². The molecule has 0 saturated heterocycles. The van der Waals surface area contributed by atoms with Gasteiger partial charge in [-0.3, -0.25) is 9.78 Å². The van der Waals surface area contributed by atoms with Crippen molar-refractivity contribution in [1.82, 2.24) is 9.97 Å². The Balaban J connectivity index is 0.000000361. The molecule has 0 bridgehead atoms. The Kier molecular flexibility index (Phi) is 13.9. The van der Waals surface area contributed by atoms with Gasteiger partial charge in [0, 0.05) is 52.9 Å². The first kappa shape index (κ1) is 39.0. The Hall–Kier alpha value is -2.75. The maximum absolute atomic E-state index is 11.7. The van der Waals surface area contributed by atoms with Gasteiger partial charge in [-0.15, -0.1) is 40.1 Å². The Morgan fingerprint density at radius 1 is 0.918 bits per heavy atom. The largest absolute Gasteiger partial charge is 0.512 e. The van der Waals surface area contributed by atoms with Crippen LogP contribution in [0.3, 0.4) is 0 Å². The smallest absolute Gasteiger partial charge is 0.162 e. The second-order valence-electron chi connectivity index (χ2n) is 14.3. The number of aliphatic hydroxyl groups is 1. The summed E-state index contributed by atoms with van der Waals surface area (Å²) >= 11 is 1.82. The van der Waals surface area contributed by atoms with Gasteiger partial charge in [-0.05, 0) is 38.2 Å². The summed E-state index contributed by atoms with van der Waals surface area (Å²) in [5, 5.41) is 15.0. The monoisotopic (exact) mass is 887 g/mol. The molecule has 49 heavy (non-hydrogen) atoms. The fraction of sp³-hybridized carbons (Fsp3) is 0.390. The van der Waals surface area contributed by atoms with Crippen molar-refractivity contribution >= 4 is 69.1 Å². The number of ketones is 1. The van der Waals surface area contributed by atoms with Crippen molar-refractivity contribution in [2.75, 3.05) is 0 Å². The number of aromatic nitrogens is 2. The van der Waals surface area contributed by atoms with E-state index in [1.54, 1.807) is 0 Å². The Morgan fingerprint density at radius 2 is 1.51 bits per heavy atom. The number of allylic oxidation sites excluding steroid dienone is 2. The van der Waals surface area contributed by atoms with Gasteiger partial charge in [-0.2, -0.15) is 0 Å². The zero-order chi connectivity index (χ0) is 36.1. The molecule has 0 atom stereocenters. The van der Waals surface area contributed by atoms with E-state index in [1.807, 2.05) is 39.0 Å². The van der Waals surface area contributed by atoms with Crippen LogP contribution in [0.4, 0.5) is 0 Å². The van der Waals surface area contributed by atoms with Gasteiger partial charge in [-0.1, -0.05) is 125 Å². The fourth-order valence-electron chi connectivity index (χ4n) is 6.50. The maximum atomic E-state index is 11.7. The molecule has 2 aromatic heterocycles. The minimum Gasteiger partial charge on any atom is -0.512 e. The van der Waals surface area contributed by atoms with Gasteiger partial charge in [0.2, 0.25) is 0 Å². The van der Waals surface area contributed by atoms with E-state index in [-0.39, 0.29) is 49.8 Å². The van der Waals surface area contributed by atoms with E-state index in [0.717, 1.165) is 52.5 Å². The molecule has 5 aromatic rings. The van der Waals surface area contributed by atoms with Crippen LogP contribution in [0.25, 0.3) is 32.2 Å². The number of hydrogen-bond donors (Lipinski definition) is 1. The summed E-state index contributed by atoms with van der Waals surface area (Å²) in [6.45, 7) is 22.2. The number of fused-ring (bicyclic) bond motifs is 2. The zero-order valence-electron chi connectivity index (χ0n) is 31.8. The number of rotatable bonds is 11. The normalized spacial score (nSPS) is 12.6. The molecule has 1 radical (unpaired) electrons. The number of aryl methyl sites for hydroxylation is 1. The third-order valence-corrected chi connectivity index (χ3v) is 17.9. The number of carbonyl (C=O) groups is 1. The maximum Gasteiger partial charge on any atom is 0.162 e. The molecule has 0 aliphatic rings. The minimum atomic E-state index is -1.92. The summed E-state index contributed by atoms with van der Waals surface area (Å²) in [4.78, 5) is 21.0. The topological polar surface area (TPSA) is 63.1 Å². The second-order valence-corrected chi connectivity index (χ2v) is 25.0. The van der Waals surface area contributed by atoms with Crippen LogP contribution in [0.5, 0.6) is 0 Å². The average Bonchev–Trinajstić information content (AvgIpc) is 3.41. The summed E-state index contributed by atoms with van der Waals surface area (Å²) in [6.07, 6.45) is 4.98. The SMILES string of the molecule is CCC(CC)C(=O)/C=C(\O)C(CC)CC.[2H]c1nc(-c2[c-]c3ccccc3c([Si](C)(C)C)c2)c2sc([Si](C)(C)c3ccccc3)c(C)c2n1.[Ir]. The van der Waals surface area contributed by atoms with Crippen LogP contribution in [-0.2, 0) is 24.9 Å². The Morgan fingerprint density at radius 3 is 2.10 bits per heavy atom. The van der Waals surface area contributed by atoms with E-state index in [4.69, 9.17) is 1.37 Å². The van der Waals surface area contributed by atoms with E-state index >= 15 is 0 Å². The molecule has 1 N–H and O–H groups in total. The van der Waals surface area contributed by atoms with Crippen molar-refractivity contribution in [3.63, 3.8) is 0 Å². The molecule has 0 saturated carbocycles. The molecule has 0 fully saturated rings. The van der Waals surface area contributed by atoms with Crippen molar-refractivity contribution < 1.29 is 31.4 Å². The first-order valence-corrected chi connectivity index (χ1v) is 24.7. The van der Waals surface area contributed by atoms with E-state index in [9.17, 15) is 9.90 Å². The zero-order valence-corrected chi connectivity index (χ0v) is 36.0. The molecule has 0 aliphatic carbocycles. The van der Waals surface area contributed by atoms with Gasteiger partial charge in [0.05, 0.1) is 19.3 Å². The van der Waals surface area contributed by atoms with Crippen LogP contribution in [0.2, 0.25) is 32.7 Å². The average molecular weight is 887 g/mol. The van der Waals surface area contributed by atoms with Crippen LogP contribution in [0.1, 0.15) is 60.3 Å². The standard InChI is InChI=1S/C28H29N2SSi2.C13H24O2.Ir/c1-19-25-27(31-28(19)33(5,6)22-13-8-7-9-14-22)26(30-18-29-25)21-16-20-12-10-11-15-23(20)24(17-21)32(2,3)4;1-5-10(6-2)12(14)9-13(15)11(7-3)8-4;/h7-15,17-18H,1-6H3;9-11,14H,5-8H2,1-4H3;/q-1;;/b;12-9-;/i18D;;. The summed E-state index contributed by atoms with van der Waals surface area (Å²) in [7, 11) is -3.55. The molecule has 4 nitrogen and oxygen atoms in total. The van der Waals surface area contributed by atoms with E-state index in [1.165, 1.54) is 31.9 Å². The quantitative estimate of drug-likeness (QED) is 0.0622. The van der Waals surface area contributed by atoms with Crippen LogP contribution >= 0.6 is 11.3 Å².